The van der Waals surface area contributed by atoms with E-state index in [-0.39, 0.29) is 18.4 Å². The number of methoxy groups -OCH3 is 1. The van der Waals surface area contributed by atoms with Crippen LogP contribution in [0.4, 0.5) is 4.79 Å². The standard InChI is InChI=1S/C13H15NO4/c1-17-12(15)8-11-10(14-13(16)18-11)7-9-5-3-2-4-6-9/h2-6,10-11H,7-8H2,1H3,(H,14,16)/t10-,11-/m1/s1. The molecule has 2 rings (SSSR count). The summed E-state index contributed by atoms with van der Waals surface area (Å²) in [4.78, 5) is 22.5. The Morgan fingerprint density at radius 3 is 2.78 bits per heavy atom. The van der Waals surface area contributed by atoms with E-state index in [0.29, 0.717) is 6.42 Å². The van der Waals surface area contributed by atoms with Gasteiger partial charge in [-0.25, -0.2) is 4.79 Å². The number of cyclic esters (lactones) is 1. The van der Waals surface area contributed by atoms with Crippen molar-refractivity contribution in [3.05, 3.63) is 35.9 Å². The third kappa shape index (κ3) is 3.00. The molecule has 1 N–H and O–H groups in total. The predicted octanol–water partition coefficient (Wildman–Crippen LogP) is 1.27. The van der Waals surface area contributed by atoms with E-state index < -0.39 is 12.2 Å². The zero-order chi connectivity index (χ0) is 13.0. The number of nitrogens with one attached hydrogen (secondary N) is 1. The van der Waals surface area contributed by atoms with Crippen molar-refractivity contribution < 1.29 is 19.1 Å². The van der Waals surface area contributed by atoms with Crippen LogP contribution in [0.15, 0.2) is 30.3 Å². The Kier molecular flexibility index (Phi) is 3.82. The summed E-state index contributed by atoms with van der Waals surface area (Å²) in [5.41, 5.74) is 1.09. The summed E-state index contributed by atoms with van der Waals surface area (Å²) in [5, 5.41) is 2.71. The molecule has 1 aromatic carbocycles. The van der Waals surface area contributed by atoms with Crippen LogP contribution in [0, 0.1) is 0 Å². The van der Waals surface area contributed by atoms with Gasteiger partial charge in [0.05, 0.1) is 19.6 Å². The fourth-order valence-electron chi connectivity index (χ4n) is 1.98. The van der Waals surface area contributed by atoms with Gasteiger partial charge >= 0.3 is 12.1 Å². The van der Waals surface area contributed by atoms with E-state index in [1.807, 2.05) is 30.3 Å². The van der Waals surface area contributed by atoms with Gasteiger partial charge in [-0.3, -0.25) is 4.79 Å². The summed E-state index contributed by atoms with van der Waals surface area (Å²) in [6.45, 7) is 0. The molecule has 1 saturated heterocycles. The van der Waals surface area contributed by atoms with Crippen LogP contribution in [-0.2, 0) is 20.7 Å². The third-order valence-corrected chi connectivity index (χ3v) is 2.90. The Labute approximate surface area is 105 Å². The van der Waals surface area contributed by atoms with Crippen molar-refractivity contribution in [2.75, 3.05) is 7.11 Å². The second kappa shape index (κ2) is 5.53. The summed E-state index contributed by atoms with van der Waals surface area (Å²) in [7, 11) is 1.32. The molecule has 0 spiro atoms. The second-order valence-corrected chi connectivity index (χ2v) is 4.16. The van der Waals surface area contributed by atoms with E-state index >= 15 is 0 Å². The molecule has 0 saturated carbocycles. The topological polar surface area (TPSA) is 64.6 Å². The summed E-state index contributed by atoms with van der Waals surface area (Å²) in [5.74, 6) is -0.380. The number of amides is 1. The summed E-state index contributed by atoms with van der Waals surface area (Å²) >= 11 is 0. The first-order valence-electron chi connectivity index (χ1n) is 5.77. The number of carbonyl (C=O) groups is 2. The molecule has 1 aliphatic rings. The number of rotatable bonds is 4. The fraction of sp³-hybridized carbons (Fsp3) is 0.385. The first-order valence-corrected chi connectivity index (χ1v) is 5.77. The number of hydrogen-bond donors (Lipinski definition) is 1. The molecular formula is C13H15NO4. The number of alkyl carbamates (subject to hydrolysis) is 1. The van der Waals surface area contributed by atoms with Crippen molar-refractivity contribution in [1.29, 1.82) is 0 Å². The Balaban J connectivity index is 2.01. The van der Waals surface area contributed by atoms with Crippen LogP contribution in [0.2, 0.25) is 0 Å². The molecule has 0 aliphatic carbocycles. The minimum absolute atomic E-state index is 0.0761. The smallest absolute Gasteiger partial charge is 0.407 e. The van der Waals surface area contributed by atoms with Crippen LogP contribution in [0.1, 0.15) is 12.0 Å². The van der Waals surface area contributed by atoms with Crippen molar-refractivity contribution in [2.45, 2.75) is 25.0 Å². The number of ether oxygens (including phenoxy) is 2. The van der Waals surface area contributed by atoms with Crippen molar-refractivity contribution in [3.63, 3.8) is 0 Å². The lowest BCUT2D eigenvalue weighted by Crippen LogP contribution is -2.35. The van der Waals surface area contributed by atoms with Crippen molar-refractivity contribution in [3.8, 4) is 0 Å². The predicted molar refractivity (Wildman–Crippen MR) is 64.0 cm³/mol. The van der Waals surface area contributed by atoms with Gasteiger partial charge in [0.1, 0.15) is 6.10 Å². The molecule has 1 aliphatic heterocycles. The second-order valence-electron chi connectivity index (χ2n) is 4.16. The molecule has 1 aromatic rings. The monoisotopic (exact) mass is 249 g/mol. The molecule has 1 amide bonds. The van der Waals surface area contributed by atoms with Crippen molar-refractivity contribution in [2.24, 2.45) is 0 Å². The van der Waals surface area contributed by atoms with Crippen LogP contribution in [0.3, 0.4) is 0 Å². The lowest BCUT2D eigenvalue weighted by Gasteiger charge is -2.15. The van der Waals surface area contributed by atoms with Gasteiger partial charge in [-0.15, -0.1) is 0 Å². The summed E-state index contributed by atoms with van der Waals surface area (Å²) < 4.78 is 9.66. The van der Waals surface area contributed by atoms with E-state index in [1.165, 1.54) is 7.11 Å². The lowest BCUT2D eigenvalue weighted by molar-refractivity contribution is -0.142. The maximum atomic E-state index is 11.2. The van der Waals surface area contributed by atoms with Crippen LogP contribution in [0.25, 0.3) is 0 Å². The molecule has 5 nitrogen and oxygen atoms in total. The Morgan fingerprint density at radius 1 is 1.39 bits per heavy atom. The van der Waals surface area contributed by atoms with Gasteiger partial charge in [0.15, 0.2) is 0 Å². The zero-order valence-electron chi connectivity index (χ0n) is 10.1. The summed E-state index contributed by atoms with van der Waals surface area (Å²) in [6, 6.07) is 9.54. The van der Waals surface area contributed by atoms with Crippen LogP contribution >= 0.6 is 0 Å². The highest BCUT2D eigenvalue weighted by molar-refractivity contribution is 5.74. The molecule has 2 atom stereocenters. The molecule has 96 valence electrons. The average Bonchev–Trinajstić information content (AvgIpc) is 2.70. The first kappa shape index (κ1) is 12.4. The van der Waals surface area contributed by atoms with Gasteiger partial charge in [-0.2, -0.15) is 0 Å². The van der Waals surface area contributed by atoms with Crippen LogP contribution in [0.5, 0.6) is 0 Å². The molecule has 5 heteroatoms. The number of benzene rings is 1. The largest absolute Gasteiger partial charge is 0.469 e. The lowest BCUT2D eigenvalue weighted by atomic mass is 10.0. The number of hydrogen-bond acceptors (Lipinski definition) is 4. The minimum Gasteiger partial charge on any atom is -0.469 e. The van der Waals surface area contributed by atoms with Gasteiger partial charge in [-0.05, 0) is 12.0 Å². The summed E-state index contributed by atoms with van der Waals surface area (Å²) in [6.07, 6.45) is -0.240. The maximum absolute atomic E-state index is 11.2. The molecular weight excluding hydrogens is 234 g/mol. The van der Waals surface area contributed by atoms with Gasteiger partial charge in [0.2, 0.25) is 0 Å². The molecule has 18 heavy (non-hydrogen) atoms. The third-order valence-electron chi connectivity index (χ3n) is 2.90. The number of esters is 1. The van der Waals surface area contributed by atoms with Gasteiger partial charge in [-0.1, -0.05) is 30.3 Å². The average molecular weight is 249 g/mol. The highest BCUT2D eigenvalue weighted by atomic mass is 16.6. The van der Waals surface area contributed by atoms with Crippen molar-refractivity contribution in [1.82, 2.24) is 5.32 Å². The van der Waals surface area contributed by atoms with Crippen LogP contribution < -0.4 is 5.32 Å². The quantitative estimate of drug-likeness (QED) is 0.816. The highest BCUT2D eigenvalue weighted by Gasteiger charge is 2.35. The van der Waals surface area contributed by atoms with E-state index in [9.17, 15) is 9.59 Å². The van der Waals surface area contributed by atoms with Crippen molar-refractivity contribution >= 4 is 12.1 Å². The Hall–Kier alpha value is -2.04. The SMILES string of the molecule is COC(=O)C[C@H]1OC(=O)N[C@@H]1Cc1ccccc1. The first-order chi connectivity index (χ1) is 8.69. The zero-order valence-corrected chi connectivity index (χ0v) is 10.1. The van der Waals surface area contributed by atoms with Gasteiger partial charge in [0.25, 0.3) is 0 Å². The molecule has 1 heterocycles. The van der Waals surface area contributed by atoms with Gasteiger partial charge < -0.3 is 14.8 Å². The minimum atomic E-state index is -0.482. The number of carbonyl (C=O) groups excluding carboxylic acids is 2. The highest BCUT2D eigenvalue weighted by Crippen LogP contribution is 2.17. The Morgan fingerprint density at radius 2 is 2.11 bits per heavy atom. The van der Waals surface area contributed by atoms with Crippen LogP contribution in [-0.4, -0.2) is 31.3 Å². The van der Waals surface area contributed by atoms with E-state index in [1.54, 1.807) is 0 Å². The molecule has 0 bridgehead atoms. The van der Waals surface area contributed by atoms with E-state index in [0.717, 1.165) is 5.56 Å². The van der Waals surface area contributed by atoms with E-state index in [2.05, 4.69) is 10.1 Å². The molecule has 1 fully saturated rings. The normalized spacial score (nSPS) is 22.2. The Bertz CT molecular complexity index is 432. The molecule has 0 aromatic heterocycles. The van der Waals surface area contributed by atoms with E-state index in [4.69, 9.17) is 4.74 Å². The maximum Gasteiger partial charge on any atom is 0.407 e. The van der Waals surface area contributed by atoms with Gasteiger partial charge in [0, 0.05) is 0 Å². The molecule has 0 radical (unpaired) electrons. The fourth-order valence-corrected chi connectivity index (χ4v) is 1.98. The molecule has 0 unspecified atom stereocenters.